The molecule has 2 amide bonds. The van der Waals surface area contributed by atoms with Crippen LogP contribution in [0.2, 0.25) is 0 Å². The number of halogens is 1. The molecule has 1 aliphatic rings. The third-order valence-corrected chi connectivity index (χ3v) is 4.26. The largest absolute Gasteiger partial charge is 0.328 e. The number of hydrogen-bond acceptors (Lipinski definition) is 2. The fraction of sp³-hybridized carbons (Fsp3) is 0.533. The van der Waals surface area contributed by atoms with Crippen LogP contribution in [0.4, 0.5) is 14.9 Å². The maximum Gasteiger partial charge on any atom is 0.322 e. The van der Waals surface area contributed by atoms with E-state index in [4.69, 9.17) is 5.73 Å². The fourth-order valence-corrected chi connectivity index (χ4v) is 2.88. The number of carbonyl (C=O) groups excluding carboxylic acids is 1. The quantitative estimate of drug-likeness (QED) is 0.893. The minimum Gasteiger partial charge on any atom is -0.328 e. The molecule has 0 radical (unpaired) electrons. The van der Waals surface area contributed by atoms with Gasteiger partial charge in [0, 0.05) is 19.3 Å². The summed E-state index contributed by atoms with van der Waals surface area (Å²) in [5.74, 6) is -0.364. The van der Waals surface area contributed by atoms with Crippen LogP contribution in [0, 0.1) is 5.82 Å². The second-order valence-corrected chi connectivity index (χ2v) is 5.49. The zero-order valence-corrected chi connectivity index (χ0v) is 11.9. The molecule has 2 rings (SSSR count). The van der Waals surface area contributed by atoms with Gasteiger partial charge >= 0.3 is 6.03 Å². The van der Waals surface area contributed by atoms with Gasteiger partial charge in [0.25, 0.3) is 0 Å². The molecular formula is C15H22FN3O. The van der Waals surface area contributed by atoms with E-state index in [1.165, 1.54) is 18.6 Å². The summed E-state index contributed by atoms with van der Waals surface area (Å²) in [6.07, 6.45) is 5.23. The zero-order valence-electron chi connectivity index (χ0n) is 11.9. The number of amides is 2. The van der Waals surface area contributed by atoms with E-state index in [0.717, 1.165) is 25.7 Å². The number of urea groups is 1. The lowest BCUT2D eigenvalue weighted by atomic mass is 9.80. The van der Waals surface area contributed by atoms with E-state index in [2.05, 4.69) is 5.32 Å². The minimum atomic E-state index is -0.364. The van der Waals surface area contributed by atoms with Gasteiger partial charge < -0.3 is 16.0 Å². The lowest BCUT2D eigenvalue weighted by Gasteiger charge is -2.43. The molecule has 1 saturated carbocycles. The summed E-state index contributed by atoms with van der Waals surface area (Å²) in [6.45, 7) is 0.458. The molecule has 0 aliphatic heterocycles. The molecule has 1 aliphatic carbocycles. The number of carbonyl (C=O) groups is 1. The first-order valence-electron chi connectivity index (χ1n) is 7.08. The first kappa shape index (κ1) is 14.8. The van der Waals surface area contributed by atoms with Crippen LogP contribution in [-0.4, -0.2) is 30.1 Å². The zero-order chi connectivity index (χ0) is 14.6. The lowest BCUT2D eigenvalue weighted by molar-refractivity contribution is 0.112. The van der Waals surface area contributed by atoms with Crippen LogP contribution in [0.5, 0.6) is 0 Å². The topological polar surface area (TPSA) is 58.4 Å². The Morgan fingerprint density at radius 3 is 2.70 bits per heavy atom. The summed E-state index contributed by atoms with van der Waals surface area (Å²) in [5.41, 5.74) is 6.11. The summed E-state index contributed by atoms with van der Waals surface area (Å²) in [6, 6.07) is 5.67. The molecule has 0 atom stereocenters. The average Bonchev–Trinajstić information content (AvgIpc) is 2.47. The van der Waals surface area contributed by atoms with Crippen molar-refractivity contribution in [2.45, 2.75) is 37.6 Å². The predicted octanol–water partition coefficient (Wildman–Crippen LogP) is 2.95. The minimum absolute atomic E-state index is 0.233. The van der Waals surface area contributed by atoms with Gasteiger partial charge in [-0.3, -0.25) is 0 Å². The van der Waals surface area contributed by atoms with E-state index < -0.39 is 0 Å². The smallest absolute Gasteiger partial charge is 0.322 e. The summed E-state index contributed by atoms with van der Waals surface area (Å²) >= 11 is 0. The van der Waals surface area contributed by atoms with Crippen molar-refractivity contribution in [1.82, 2.24) is 4.90 Å². The number of benzene rings is 1. The maximum atomic E-state index is 13.1. The molecule has 0 heterocycles. The SMILES string of the molecule is CN(C(=O)Nc1cccc(F)c1)C1(CN)CCCCC1. The van der Waals surface area contributed by atoms with Crippen molar-refractivity contribution in [1.29, 1.82) is 0 Å². The number of nitrogens with zero attached hydrogens (tertiary/aromatic N) is 1. The van der Waals surface area contributed by atoms with Crippen molar-refractivity contribution >= 4 is 11.7 Å². The number of nitrogens with one attached hydrogen (secondary N) is 1. The number of rotatable bonds is 3. The molecule has 3 N–H and O–H groups in total. The second kappa shape index (κ2) is 6.22. The van der Waals surface area contributed by atoms with Crippen LogP contribution in [0.15, 0.2) is 24.3 Å². The van der Waals surface area contributed by atoms with Crippen LogP contribution >= 0.6 is 0 Å². The molecule has 1 fully saturated rings. The van der Waals surface area contributed by atoms with Crippen LogP contribution in [-0.2, 0) is 0 Å². The molecule has 4 nitrogen and oxygen atoms in total. The van der Waals surface area contributed by atoms with Gasteiger partial charge in [-0.1, -0.05) is 25.3 Å². The fourth-order valence-electron chi connectivity index (χ4n) is 2.88. The van der Waals surface area contributed by atoms with Crippen molar-refractivity contribution in [2.75, 3.05) is 18.9 Å². The third kappa shape index (κ3) is 3.10. The van der Waals surface area contributed by atoms with Gasteiger partial charge in [0.1, 0.15) is 5.82 Å². The molecule has 1 aromatic rings. The second-order valence-electron chi connectivity index (χ2n) is 5.49. The Kier molecular flexibility index (Phi) is 4.60. The van der Waals surface area contributed by atoms with Gasteiger partial charge in [0.2, 0.25) is 0 Å². The van der Waals surface area contributed by atoms with Crippen LogP contribution in [0.25, 0.3) is 0 Å². The Labute approximate surface area is 119 Å². The summed E-state index contributed by atoms with van der Waals surface area (Å²) in [7, 11) is 1.77. The molecule has 110 valence electrons. The van der Waals surface area contributed by atoms with Gasteiger partial charge in [-0.05, 0) is 31.0 Å². The standard InChI is InChI=1S/C15H22FN3O/c1-19(15(11-17)8-3-2-4-9-15)14(20)18-13-7-5-6-12(16)10-13/h5-7,10H,2-4,8-9,11,17H2,1H3,(H,18,20). The average molecular weight is 279 g/mol. The number of nitrogens with two attached hydrogens (primary N) is 1. The molecule has 0 bridgehead atoms. The van der Waals surface area contributed by atoms with E-state index >= 15 is 0 Å². The normalized spacial score (nSPS) is 17.6. The molecular weight excluding hydrogens is 257 g/mol. The number of likely N-dealkylation sites (N-methyl/N-ethyl adjacent to an activating group) is 1. The van der Waals surface area contributed by atoms with Crippen molar-refractivity contribution in [3.63, 3.8) is 0 Å². The van der Waals surface area contributed by atoms with Crippen LogP contribution < -0.4 is 11.1 Å². The molecule has 5 heteroatoms. The van der Waals surface area contributed by atoms with Crippen LogP contribution in [0.1, 0.15) is 32.1 Å². The number of hydrogen-bond donors (Lipinski definition) is 2. The Balaban J connectivity index is 2.07. The summed E-state index contributed by atoms with van der Waals surface area (Å²) < 4.78 is 13.1. The highest BCUT2D eigenvalue weighted by Gasteiger charge is 2.37. The number of anilines is 1. The van der Waals surface area contributed by atoms with Gasteiger partial charge in [-0.2, -0.15) is 0 Å². The van der Waals surface area contributed by atoms with Crippen molar-refractivity contribution < 1.29 is 9.18 Å². The molecule has 20 heavy (non-hydrogen) atoms. The van der Waals surface area contributed by atoms with E-state index in [0.29, 0.717) is 12.2 Å². The Morgan fingerprint density at radius 2 is 2.10 bits per heavy atom. The summed E-state index contributed by atoms with van der Waals surface area (Å²) in [4.78, 5) is 14.0. The lowest BCUT2D eigenvalue weighted by Crippen LogP contribution is -2.56. The van der Waals surface area contributed by atoms with Gasteiger partial charge in [-0.15, -0.1) is 0 Å². The third-order valence-electron chi connectivity index (χ3n) is 4.26. The summed E-state index contributed by atoms with van der Waals surface area (Å²) in [5, 5.41) is 2.73. The maximum absolute atomic E-state index is 13.1. The van der Waals surface area contributed by atoms with Crippen molar-refractivity contribution in [3.05, 3.63) is 30.1 Å². The molecule has 1 aromatic carbocycles. The van der Waals surface area contributed by atoms with Gasteiger partial charge in [0.05, 0.1) is 5.54 Å². The van der Waals surface area contributed by atoms with E-state index in [1.54, 1.807) is 24.1 Å². The molecule has 0 saturated heterocycles. The van der Waals surface area contributed by atoms with Crippen molar-refractivity contribution in [3.8, 4) is 0 Å². The van der Waals surface area contributed by atoms with Gasteiger partial charge in [0.15, 0.2) is 0 Å². The highest BCUT2D eigenvalue weighted by molar-refractivity contribution is 5.89. The highest BCUT2D eigenvalue weighted by atomic mass is 19.1. The first-order valence-corrected chi connectivity index (χ1v) is 7.08. The van der Waals surface area contributed by atoms with Crippen LogP contribution in [0.3, 0.4) is 0 Å². The van der Waals surface area contributed by atoms with Gasteiger partial charge in [-0.25, -0.2) is 9.18 Å². The molecule has 0 spiro atoms. The highest BCUT2D eigenvalue weighted by Crippen LogP contribution is 2.32. The predicted molar refractivity (Wildman–Crippen MR) is 78.1 cm³/mol. The van der Waals surface area contributed by atoms with E-state index in [-0.39, 0.29) is 17.4 Å². The monoisotopic (exact) mass is 279 g/mol. The van der Waals surface area contributed by atoms with E-state index in [9.17, 15) is 9.18 Å². The van der Waals surface area contributed by atoms with Crippen molar-refractivity contribution in [2.24, 2.45) is 5.73 Å². The Hall–Kier alpha value is -1.62. The first-order chi connectivity index (χ1) is 9.57. The molecule has 0 unspecified atom stereocenters. The Bertz CT molecular complexity index is 472. The molecule has 0 aromatic heterocycles. The van der Waals surface area contributed by atoms with E-state index in [1.807, 2.05) is 0 Å². The Morgan fingerprint density at radius 1 is 1.40 bits per heavy atom.